The van der Waals surface area contributed by atoms with Crippen LogP contribution >= 0.6 is 11.6 Å². The van der Waals surface area contributed by atoms with Gasteiger partial charge in [0.05, 0.1) is 48.9 Å². The monoisotopic (exact) mass is 617 g/mol. The molecule has 0 unspecified atom stereocenters. The molecule has 1 fully saturated rings. The maximum absolute atomic E-state index is 14.3. The molecule has 3 aromatic heterocycles. The molecule has 1 aliphatic heterocycles. The lowest BCUT2D eigenvalue weighted by Crippen LogP contribution is -2.54. The summed E-state index contributed by atoms with van der Waals surface area (Å²) in [6, 6.07) is 9.13. The van der Waals surface area contributed by atoms with E-state index >= 15 is 0 Å². The number of pyridine rings is 1. The maximum atomic E-state index is 14.3. The third-order valence-corrected chi connectivity index (χ3v) is 8.21. The molecule has 1 aliphatic rings. The summed E-state index contributed by atoms with van der Waals surface area (Å²) < 4.78 is 1.52. The van der Waals surface area contributed by atoms with E-state index in [0.717, 1.165) is 5.56 Å². The third kappa shape index (κ3) is 6.18. The van der Waals surface area contributed by atoms with Crippen LogP contribution < -0.4 is 10.6 Å². The van der Waals surface area contributed by atoms with Crippen LogP contribution in [0.25, 0.3) is 34.1 Å². The lowest BCUT2D eigenvalue weighted by molar-refractivity contribution is -0.126. The van der Waals surface area contributed by atoms with Gasteiger partial charge in [-0.25, -0.2) is 24.3 Å². The summed E-state index contributed by atoms with van der Waals surface area (Å²) in [4.78, 5) is 49.4. The van der Waals surface area contributed by atoms with Gasteiger partial charge in [0.25, 0.3) is 0 Å². The van der Waals surface area contributed by atoms with Crippen LogP contribution in [0.4, 0.5) is 5.82 Å². The van der Waals surface area contributed by atoms with E-state index in [1.165, 1.54) is 17.0 Å². The molecular weight excluding hydrogens is 583 g/mol. The van der Waals surface area contributed by atoms with Crippen molar-refractivity contribution >= 4 is 56.1 Å². The van der Waals surface area contributed by atoms with Crippen molar-refractivity contribution < 1.29 is 4.79 Å². The van der Waals surface area contributed by atoms with Crippen LogP contribution in [0.15, 0.2) is 59.5 Å². The highest BCUT2D eigenvalue weighted by atomic mass is 35.5. The summed E-state index contributed by atoms with van der Waals surface area (Å²) in [5, 5.41) is 1.08. The van der Waals surface area contributed by atoms with Crippen LogP contribution in [-0.2, 0) is 4.79 Å². The summed E-state index contributed by atoms with van der Waals surface area (Å²) in [7, 11) is 11.7. The summed E-state index contributed by atoms with van der Waals surface area (Å²) in [5.74, 6) is 0.255. The second-order valence-corrected chi connectivity index (χ2v) is 12.2. The van der Waals surface area contributed by atoms with Crippen LogP contribution in [-0.4, -0.2) is 76.7 Å². The highest BCUT2D eigenvalue weighted by Crippen LogP contribution is 2.37. The minimum Gasteiger partial charge on any atom is -0.350 e. The van der Waals surface area contributed by atoms with Crippen molar-refractivity contribution in [2.24, 2.45) is 0 Å². The lowest BCUT2D eigenvalue weighted by Gasteiger charge is -2.40. The predicted molar refractivity (Wildman–Crippen MR) is 182 cm³/mol. The molecule has 9 nitrogen and oxygen atoms in total. The molecule has 0 saturated carbocycles. The van der Waals surface area contributed by atoms with Gasteiger partial charge in [-0.15, -0.1) is 0 Å². The third-order valence-electron chi connectivity index (χ3n) is 7.92. The zero-order valence-electron chi connectivity index (χ0n) is 26.2. The van der Waals surface area contributed by atoms with E-state index in [-0.39, 0.29) is 29.2 Å². The number of hydrogen-bond donors (Lipinski definition) is 0. The van der Waals surface area contributed by atoms with Gasteiger partial charge < -0.3 is 9.80 Å². The molecule has 226 valence electrons. The Balaban J connectivity index is 1.86. The van der Waals surface area contributed by atoms with Crippen LogP contribution in [0, 0.1) is 0 Å². The van der Waals surface area contributed by atoms with Crippen LogP contribution in [0.5, 0.6) is 0 Å². The van der Waals surface area contributed by atoms with Crippen molar-refractivity contribution in [3.05, 3.63) is 87.1 Å². The smallest absolute Gasteiger partial charge is 0.350 e. The van der Waals surface area contributed by atoms with Gasteiger partial charge >= 0.3 is 5.69 Å². The SMILES string of the molecule is [B]C([B])=Cc1ccccc1-c1nc2c(cc1Cl)c(N1CCN(C(=O)C=C)C[C@@H]1C)nc(=O)n2-c1c(C(C)C)ncnc1C(C)C. The van der Waals surface area contributed by atoms with Crippen molar-refractivity contribution in [3.63, 3.8) is 0 Å². The first-order valence-electron chi connectivity index (χ1n) is 14.9. The quantitative estimate of drug-likeness (QED) is 0.213. The first-order chi connectivity index (χ1) is 21.4. The Morgan fingerprint density at radius 1 is 1.07 bits per heavy atom. The van der Waals surface area contributed by atoms with Gasteiger partial charge in [0, 0.05) is 31.2 Å². The Morgan fingerprint density at radius 3 is 2.33 bits per heavy atom. The number of carbonyl (C=O) groups excluding carboxylic acids is 1. The molecule has 1 aromatic carbocycles. The fraction of sp³-hybridized carbons (Fsp3) is 0.333. The topological polar surface area (TPSA) is 97.1 Å². The minimum atomic E-state index is -0.520. The van der Waals surface area contributed by atoms with Gasteiger partial charge in [-0.2, -0.15) is 10.4 Å². The molecule has 4 radical (unpaired) electrons. The molecule has 1 atom stereocenters. The number of aromatic nitrogens is 5. The van der Waals surface area contributed by atoms with Gasteiger partial charge in [0.15, 0.2) is 5.65 Å². The Hall–Kier alpha value is -4.24. The second kappa shape index (κ2) is 13.0. The van der Waals surface area contributed by atoms with Crippen molar-refractivity contribution in [1.29, 1.82) is 0 Å². The predicted octanol–water partition coefficient (Wildman–Crippen LogP) is 5.00. The first kappa shape index (κ1) is 32.2. The lowest BCUT2D eigenvalue weighted by atomic mass is 9.77. The molecule has 4 heterocycles. The number of piperazine rings is 1. The second-order valence-electron chi connectivity index (χ2n) is 11.8. The van der Waals surface area contributed by atoms with Crippen LogP contribution in [0.1, 0.15) is 63.4 Å². The Kier molecular flexibility index (Phi) is 9.30. The highest BCUT2D eigenvalue weighted by Gasteiger charge is 2.31. The van der Waals surface area contributed by atoms with E-state index < -0.39 is 5.69 Å². The van der Waals surface area contributed by atoms with E-state index in [1.54, 1.807) is 17.0 Å². The fourth-order valence-electron chi connectivity index (χ4n) is 5.82. The molecule has 0 spiro atoms. The normalized spacial score (nSPS) is 15.2. The summed E-state index contributed by atoms with van der Waals surface area (Å²) in [6.45, 7) is 15.0. The van der Waals surface area contributed by atoms with Gasteiger partial charge in [0.1, 0.15) is 12.1 Å². The number of anilines is 1. The van der Waals surface area contributed by atoms with E-state index in [2.05, 4.69) is 21.5 Å². The fourth-order valence-corrected chi connectivity index (χ4v) is 6.07. The number of nitrogens with zero attached hydrogens (tertiary/aromatic N) is 7. The molecule has 1 saturated heterocycles. The molecule has 0 N–H and O–H groups in total. The largest absolute Gasteiger partial charge is 0.355 e. The Bertz CT molecular complexity index is 1860. The van der Waals surface area contributed by atoms with Crippen LogP contribution in [0.2, 0.25) is 5.02 Å². The van der Waals surface area contributed by atoms with Crippen molar-refractivity contribution in [2.75, 3.05) is 24.5 Å². The molecule has 12 heteroatoms. The number of amides is 1. The molecule has 0 aliphatic carbocycles. The highest BCUT2D eigenvalue weighted by molar-refractivity contribution is 6.50. The number of rotatable bonds is 7. The van der Waals surface area contributed by atoms with Gasteiger partial charge in [0.2, 0.25) is 5.91 Å². The van der Waals surface area contributed by atoms with Crippen molar-refractivity contribution in [2.45, 2.75) is 52.5 Å². The van der Waals surface area contributed by atoms with E-state index in [9.17, 15) is 9.59 Å². The zero-order chi connectivity index (χ0) is 32.6. The summed E-state index contributed by atoms with van der Waals surface area (Å²) >= 11 is 7.01. The number of hydrogen-bond acceptors (Lipinski definition) is 7. The molecule has 45 heavy (non-hydrogen) atoms. The van der Waals surface area contributed by atoms with Gasteiger partial charge in [-0.3, -0.25) is 4.79 Å². The number of carbonyl (C=O) groups is 1. The van der Waals surface area contributed by atoms with E-state index in [1.807, 2.05) is 63.8 Å². The molecule has 4 aromatic rings. The minimum absolute atomic E-state index is 0.0252. The van der Waals surface area contributed by atoms with Crippen molar-refractivity contribution in [3.8, 4) is 16.9 Å². The molecule has 0 bridgehead atoms. The average molecular weight is 618 g/mol. The van der Waals surface area contributed by atoms with Crippen molar-refractivity contribution in [1.82, 2.24) is 29.4 Å². The Morgan fingerprint density at radius 2 is 1.73 bits per heavy atom. The maximum Gasteiger partial charge on any atom is 0.355 e. The summed E-state index contributed by atoms with van der Waals surface area (Å²) in [5.41, 5.74) is 3.67. The van der Waals surface area contributed by atoms with Gasteiger partial charge in [-0.1, -0.05) is 76.2 Å². The summed E-state index contributed by atoms with van der Waals surface area (Å²) in [6.07, 6.45) is 4.49. The Labute approximate surface area is 270 Å². The first-order valence-corrected chi connectivity index (χ1v) is 15.3. The zero-order valence-corrected chi connectivity index (χ0v) is 26.9. The standard InChI is InChI=1S/C33H34B2ClN7O2/c1-7-26(44)41-12-13-42(20(6)16-41)31-23-15-24(36)29(22-11-9-8-10-21(22)14-25(34)35)39-32(23)43(33(45)40-31)30-27(18(2)3)37-17-38-28(30)19(4)5/h7-11,14-15,17-20H,1,12-13,16H2,2-6H3/t20-/m0/s1. The molecule has 5 rings (SSSR count). The van der Waals surface area contributed by atoms with E-state index in [4.69, 9.17) is 32.3 Å². The number of benzene rings is 1. The van der Waals surface area contributed by atoms with E-state index in [0.29, 0.717) is 69.8 Å². The molecular formula is C33H34B2ClN7O2. The van der Waals surface area contributed by atoms with Crippen LogP contribution in [0.3, 0.4) is 0 Å². The number of halogens is 1. The van der Waals surface area contributed by atoms with Gasteiger partial charge in [-0.05, 0) is 36.5 Å². The molecule has 1 amide bonds. The average Bonchev–Trinajstić information content (AvgIpc) is 3.00. The number of fused-ring (bicyclic) bond motifs is 1.